The van der Waals surface area contributed by atoms with Gasteiger partial charge in [0.2, 0.25) is 0 Å². The molecule has 7 nitrogen and oxygen atoms in total. The molecule has 1 aromatic carbocycles. The van der Waals surface area contributed by atoms with Crippen LogP contribution in [0.5, 0.6) is 0 Å². The van der Waals surface area contributed by atoms with Gasteiger partial charge in [-0.05, 0) is 6.07 Å². The molecule has 76 valence electrons. The number of rotatable bonds is 3. The third-order valence-electron chi connectivity index (χ3n) is 1.87. The first kappa shape index (κ1) is 9.13. The van der Waals surface area contributed by atoms with Gasteiger partial charge in [-0.2, -0.15) is 4.68 Å². The average molecular weight is 207 g/mol. The van der Waals surface area contributed by atoms with E-state index in [0.717, 1.165) is 0 Å². The van der Waals surface area contributed by atoms with Gasteiger partial charge >= 0.3 is 11.1 Å². The summed E-state index contributed by atoms with van der Waals surface area (Å²) in [5, 5.41) is 10.6. The van der Waals surface area contributed by atoms with Crippen LogP contribution in [0.1, 0.15) is 0 Å². The van der Waals surface area contributed by atoms with Crippen LogP contribution in [0.4, 0.5) is 11.4 Å². The molecule has 0 spiro atoms. The van der Waals surface area contributed by atoms with E-state index in [-0.39, 0.29) is 11.4 Å². The van der Waals surface area contributed by atoms with Gasteiger partial charge in [-0.1, -0.05) is 12.1 Å². The van der Waals surface area contributed by atoms with E-state index in [1.54, 1.807) is 6.07 Å². The van der Waals surface area contributed by atoms with E-state index in [1.807, 2.05) is 0 Å². The summed E-state index contributed by atoms with van der Waals surface area (Å²) in [6.45, 7) is 0. The maximum atomic E-state index is 10.6. The van der Waals surface area contributed by atoms with Crippen molar-refractivity contribution in [2.45, 2.75) is 0 Å². The Kier molecular flexibility index (Phi) is 1.86. The Morgan fingerprint density at radius 2 is 1.80 bits per heavy atom. The number of nitrogens with one attached hydrogen (secondary N) is 1. The first-order valence-corrected chi connectivity index (χ1v) is 4.00. The molecule has 0 radical (unpaired) electrons. The Hall–Kier alpha value is -2.44. The highest BCUT2D eigenvalue weighted by Crippen LogP contribution is 2.22. The van der Waals surface area contributed by atoms with Gasteiger partial charge in [0.25, 0.3) is 5.69 Å². The van der Waals surface area contributed by atoms with Crippen LogP contribution in [0.3, 0.4) is 0 Å². The van der Waals surface area contributed by atoms with Crippen molar-refractivity contribution in [3.8, 4) is 0 Å². The lowest BCUT2D eigenvalue weighted by Gasteiger charge is -2.01. The van der Waals surface area contributed by atoms with Crippen LogP contribution < -0.4 is 16.5 Å². The van der Waals surface area contributed by atoms with Crippen LogP contribution in [-0.4, -0.2) is 9.60 Å². The maximum Gasteiger partial charge on any atom is 0.340 e. The summed E-state index contributed by atoms with van der Waals surface area (Å²) < 4.78 is 0.711. The zero-order valence-corrected chi connectivity index (χ0v) is 7.34. The zero-order valence-electron chi connectivity index (χ0n) is 7.34. The fourth-order valence-corrected chi connectivity index (χ4v) is 1.08. The first-order chi connectivity index (χ1) is 7.11. The molecule has 2 aromatic rings. The standard InChI is InChI=1S/C8H5N3O4/c12-7-8(13)10(7)9-5-3-1-2-4-6(5)11(14)15/h1-4,9H. The number of anilines is 1. The lowest BCUT2D eigenvalue weighted by atomic mass is 10.3. The Labute approximate surface area is 82.4 Å². The number of nitrogens with zero attached hydrogens (tertiary/aromatic N) is 2. The van der Waals surface area contributed by atoms with Crippen LogP contribution in [0.15, 0.2) is 33.9 Å². The number of aromatic nitrogens is 1. The maximum absolute atomic E-state index is 10.6. The van der Waals surface area contributed by atoms with Crippen LogP contribution in [0.25, 0.3) is 0 Å². The van der Waals surface area contributed by atoms with Gasteiger partial charge in [0.15, 0.2) is 0 Å². The SMILES string of the molecule is O=c1c(=O)n1Nc1ccccc1[N+](=O)[O-]. The molecule has 0 aliphatic carbocycles. The minimum atomic E-state index is -0.701. The lowest BCUT2D eigenvalue weighted by molar-refractivity contribution is -0.384. The highest BCUT2D eigenvalue weighted by Gasteiger charge is 2.20. The number of benzene rings is 1. The molecule has 0 aliphatic heterocycles. The Morgan fingerprint density at radius 1 is 1.20 bits per heavy atom. The Bertz CT molecular complexity index is 569. The number of hydrogen-bond acceptors (Lipinski definition) is 5. The van der Waals surface area contributed by atoms with Crippen molar-refractivity contribution in [2.24, 2.45) is 0 Å². The quantitative estimate of drug-likeness (QED) is 0.429. The van der Waals surface area contributed by atoms with Gasteiger partial charge < -0.3 is 0 Å². The van der Waals surface area contributed by atoms with E-state index in [0.29, 0.717) is 4.68 Å². The number of nitro groups is 1. The van der Waals surface area contributed by atoms with Crippen LogP contribution >= 0.6 is 0 Å². The second-order valence-corrected chi connectivity index (χ2v) is 2.83. The molecule has 1 aromatic heterocycles. The lowest BCUT2D eigenvalue weighted by Crippen LogP contribution is -2.09. The van der Waals surface area contributed by atoms with Crippen molar-refractivity contribution in [3.05, 3.63) is 55.1 Å². The molecule has 0 bridgehead atoms. The highest BCUT2D eigenvalue weighted by atomic mass is 16.6. The highest BCUT2D eigenvalue weighted by molar-refractivity contribution is 5.60. The Morgan fingerprint density at radius 3 is 2.33 bits per heavy atom. The van der Waals surface area contributed by atoms with Gasteiger partial charge in [-0.15, -0.1) is 0 Å². The normalized spacial score (nSPS) is 10.4. The van der Waals surface area contributed by atoms with E-state index in [9.17, 15) is 19.7 Å². The average Bonchev–Trinajstić information content (AvgIpc) is 2.76. The van der Waals surface area contributed by atoms with Crippen molar-refractivity contribution in [1.82, 2.24) is 4.68 Å². The molecule has 0 unspecified atom stereocenters. The Balaban J connectivity index is 2.37. The molecular weight excluding hydrogens is 202 g/mol. The molecule has 0 saturated carbocycles. The van der Waals surface area contributed by atoms with E-state index in [1.165, 1.54) is 18.2 Å². The smallest absolute Gasteiger partial charge is 0.281 e. The molecular formula is C8H5N3O4. The van der Waals surface area contributed by atoms with Gasteiger partial charge in [0.1, 0.15) is 5.69 Å². The number of para-hydroxylation sites is 2. The van der Waals surface area contributed by atoms with Crippen molar-refractivity contribution in [2.75, 3.05) is 5.43 Å². The summed E-state index contributed by atoms with van der Waals surface area (Å²) in [6, 6.07) is 5.75. The largest absolute Gasteiger partial charge is 0.340 e. The summed E-state index contributed by atoms with van der Waals surface area (Å²) in [6.07, 6.45) is 0. The second kappa shape index (κ2) is 3.05. The third kappa shape index (κ3) is 1.50. The van der Waals surface area contributed by atoms with Crippen LogP contribution in [-0.2, 0) is 0 Å². The van der Waals surface area contributed by atoms with E-state index < -0.39 is 16.0 Å². The molecule has 0 aliphatic rings. The molecule has 1 heterocycles. The fourth-order valence-electron chi connectivity index (χ4n) is 1.08. The molecule has 1 N–H and O–H groups in total. The molecule has 2 rings (SSSR count). The first-order valence-electron chi connectivity index (χ1n) is 4.00. The van der Waals surface area contributed by atoms with Crippen LogP contribution in [0.2, 0.25) is 0 Å². The molecule has 0 fully saturated rings. The molecule has 0 amide bonds. The van der Waals surface area contributed by atoms with Crippen molar-refractivity contribution >= 4 is 11.4 Å². The zero-order chi connectivity index (χ0) is 11.0. The molecule has 0 atom stereocenters. The second-order valence-electron chi connectivity index (χ2n) is 2.83. The molecule has 7 heteroatoms. The third-order valence-corrected chi connectivity index (χ3v) is 1.87. The van der Waals surface area contributed by atoms with Crippen LogP contribution in [0, 0.1) is 10.1 Å². The summed E-state index contributed by atoms with van der Waals surface area (Å²) in [4.78, 5) is 31.3. The van der Waals surface area contributed by atoms with E-state index >= 15 is 0 Å². The summed E-state index contributed by atoms with van der Waals surface area (Å²) >= 11 is 0. The summed E-state index contributed by atoms with van der Waals surface area (Å²) in [5.74, 6) is 0. The summed E-state index contributed by atoms with van der Waals surface area (Å²) in [5.41, 5.74) is 0.879. The topological polar surface area (TPSA) is 94.2 Å². The minimum absolute atomic E-state index is 0.113. The van der Waals surface area contributed by atoms with E-state index in [2.05, 4.69) is 5.43 Å². The van der Waals surface area contributed by atoms with Gasteiger partial charge in [-0.3, -0.25) is 25.1 Å². The van der Waals surface area contributed by atoms with E-state index in [4.69, 9.17) is 0 Å². The van der Waals surface area contributed by atoms with Crippen molar-refractivity contribution < 1.29 is 4.92 Å². The van der Waals surface area contributed by atoms with Gasteiger partial charge in [-0.25, -0.2) is 0 Å². The molecule has 0 saturated heterocycles. The summed E-state index contributed by atoms with van der Waals surface area (Å²) in [7, 11) is 0. The number of hydrogen-bond donors (Lipinski definition) is 1. The predicted molar refractivity (Wildman–Crippen MR) is 51.5 cm³/mol. The van der Waals surface area contributed by atoms with Gasteiger partial charge in [0, 0.05) is 6.07 Å². The van der Waals surface area contributed by atoms with Gasteiger partial charge in [0.05, 0.1) is 4.92 Å². The minimum Gasteiger partial charge on any atom is -0.281 e. The molecule has 15 heavy (non-hydrogen) atoms. The predicted octanol–water partition coefficient (Wildman–Crippen LogP) is -0.133. The van der Waals surface area contributed by atoms with Crippen molar-refractivity contribution in [1.29, 1.82) is 0 Å². The van der Waals surface area contributed by atoms with Crippen molar-refractivity contribution in [3.63, 3.8) is 0 Å². The number of nitro benzene ring substituents is 1. The fraction of sp³-hybridized carbons (Fsp3) is 0. The monoisotopic (exact) mass is 207 g/mol.